The first-order valence-electron chi connectivity index (χ1n) is 5.39. The molecular weight excluding hydrogens is 222 g/mol. The molecule has 4 N–H and O–H groups in total. The summed E-state index contributed by atoms with van der Waals surface area (Å²) < 4.78 is 1.41. The molecule has 0 saturated carbocycles. The van der Waals surface area contributed by atoms with E-state index in [1.165, 1.54) is 4.68 Å². The van der Waals surface area contributed by atoms with Crippen molar-refractivity contribution in [1.29, 1.82) is 0 Å². The Morgan fingerprint density at radius 2 is 2.29 bits per heavy atom. The van der Waals surface area contributed by atoms with Crippen molar-refractivity contribution in [2.24, 2.45) is 0 Å². The molecule has 0 aliphatic heterocycles. The summed E-state index contributed by atoms with van der Waals surface area (Å²) in [5, 5.41) is 9.06. The largest absolute Gasteiger partial charge is 0.382 e. The van der Waals surface area contributed by atoms with E-state index in [0.717, 1.165) is 0 Å². The number of hydrogen-bond donors (Lipinski definition) is 3. The van der Waals surface area contributed by atoms with Gasteiger partial charge in [-0.1, -0.05) is 0 Å². The van der Waals surface area contributed by atoms with Crippen LogP contribution in [-0.2, 0) is 16.1 Å². The lowest BCUT2D eigenvalue weighted by atomic mass is 10.3. The summed E-state index contributed by atoms with van der Waals surface area (Å²) in [4.78, 5) is 22.9. The standard InChI is InChI=1S/C10H17N5O2/c1-3-12-10(17)7(2)13-9(16)6-15-5-4-8(11)14-15/h4-5,7H,3,6H2,1-2H3,(H2,11,14)(H,12,17)(H,13,16). The first-order valence-corrected chi connectivity index (χ1v) is 5.39. The lowest BCUT2D eigenvalue weighted by Crippen LogP contribution is -2.45. The molecule has 7 heteroatoms. The Labute approximate surface area is 99.4 Å². The van der Waals surface area contributed by atoms with Crippen molar-refractivity contribution < 1.29 is 9.59 Å². The van der Waals surface area contributed by atoms with Gasteiger partial charge in [0.1, 0.15) is 18.4 Å². The zero-order chi connectivity index (χ0) is 12.8. The number of carbonyl (C=O) groups excluding carboxylic acids is 2. The summed E-state index contributed by atoms with van der Waals surface area (Å²) >= 11 is 0. The van der Waals surface area contributed by atoms with Crippen LogP contribution in [0.3, 0.4) is 0 Å². The number of nitrogens with two attached hydrogens (primary N) is 1. The lowest BCUT2D eigenvalue weighted by Gasteiger charge is -2.13. The van der Waals surface area contributed by atoms with E-state index < -0.39 is 6.04 Å². The Kier molecular flexibility index (Phi) is 4.50. The number of aromatic nitrogens is 2. The van der Waals surface area contributed by atoms with Gasteiger partial charge in [0.25, 0.3) is 0 Å². The van der Waals surface area contributed by atoms with Gasteiger partial charge in [-0.15, -0.1) is 0 Å². The molecule has 0 aliphatic rings. The van der Waals surface area contributed by atoms with Gasteiger partial charge in [0, 0.05) is 12.7 Å². The molecule has 1 rings (SSSR count). The van der Waals surface area contributed by atoms with Gasteiger partial charge in [-0.25, -0.2) is 0 Å². The topological polar surface area (TPSA) is 102 Å². The van der Waals surface area contributed by atoms with Gasteiger partial charge >= 0.3 is 0 Å². The molecule has 1 aromatic heterocycles. The Bertz CT molecular complexity index is 401. The van der Waals surface area contributed by atoms with Crippen molar-refractivity contribution in [2.45, 2.75) is 26.4 Å². The fourth-order valence-corrected chi connectivity index (χ4v) is 1.29. The molecule has 1 heterocycles. The number of anilines is 1. The summed E-state index contributed by atoms with van der Waals surface area (Å²) in [5.41, 5.74) is 5.42. The van der Waals surface area contributed by atoms with E-state index in [-0.39, 0.29) is 18.4 Å². The van der Waals surface area contributed by atoms with Gasteiger partial charge in [0.15, 0.2) is 0 Å². The lowest BCUT2D eigenvalue weighted by molar-refractivity contribution is -0.128. The second-order valence-corrected chi connectivity index (χ2v) is 3.62. The van der Waals surface area contributed by atoms with E-state index in [2.05, 4.69) is 15.7 Å². The highest BCUT2D eigenvalue weighted by Crippen LogP contribution is 1.95. The predicted octanol–water partition coefficient (Wildman–Crippen LogP) is -0.894. The van der Waals surface area contributed by atoms with Crippen LogP contribution in [0.4, 0.5) is 5.82 Å². The number of hydrogen-bond acceptors (Lipinski definition) is 4. The van der Waals surface area contributed by atoms with Crippen molar-refractivity contribution in [2.75, 3.05) is 12.3 Å². The Morgan fingerprint density at radius 3 is 2.82 bits per heavy atom. The van der Waals surface area contributed by atoms with Crippen LogP contribution in [0.5, 0.6) is 0 Å². The maximum Gasteiger partial charge on any atom is 0.242 e. The number of nitrogens with zero attached hydrogens (tertiary/aromatic N) is 2. The van der Waals surface area contributed by atoms with Gasteiger partial charge < -0.3 is 16.4 Å². The molecule has 0 spiro atoms. The Hall–Kier alpha value is -2.05. The summed E-state index contributed by atoms with van der Waals surface area (Å²) in [7, 11) is 0. The molecule has 1 unspecified atom stereocenters. The molecule has 0 saturated heterocycles. The second-order valence-electron chi connectivity index (χ2n) is 3.62. The minimum atomic E-state index is -0.560. The first-order chi connectivity index (χ1) is 8.02. The fraction of sp³-hybridized carbons (Fsp3) is 0.500. The van der Waals surface area contributed by atoms with Crippen molar-refractivity contribution in [3.63, 3.8) is 0 Å². The predicted molar refractivity (Wildman–Crippen MR) is 62.9 cm³/mol. The van der Waals surface area contributed by atoms with Gasteiger partial charge in [-0.3, -0.25) is 14.3 Å². The van der Waals surface area contributed by atoms with Crippen LogP contribution in [-0.4, -0.2) is 34.2 Å². The molecule has 2 amide bonds. The van der Waals surface area contributed by atoms with Crippen LogP contribution in [0.25, 0.3) is 0 Å². The number of likely N-dealkylation sites (N-methyl/N-ethyl adjacent to an activating group) is 1. The van der Waals surface area contributed by atoms with Gasteiger partial charge in [0.05, 0.1) is 0 Å². The van der Waals surface area contributed by atoms with E-state index in [1.807, 2.05) is 6.92 Å². The van der Waals surface area contributed by atoms with Crippen LogP contribution in [0.1, 0.15) is 13.8 Å². The third-order valence-electron chi connectivity index (χ3n) is 2.09. The molecule has 17 heavy (non-hydrogen) atoms. The molecule has 1 atom stereocenters. The van der Waals surface area contributed by atoms with Crippen LogP contribution >= 0.6 is 0 Å². The quantitative estimate of drug-likeness (QED) is 0.620. The van der Waals surface area contributed by atoms with E-state index in [4.69, 9.17) is 5.73 Å². The van der Waals surface area contributed by atoms with Crippen molar-refractivity contribution in [3.8, 4) is 0 Å². The maximum absolute atomic E-state index is 11.5. The van der Waals surface area contributed by atoms with Crippen LogP contribution < -0.4 is 16.4 Å². The van der Waals surface area contributed by atoms with E-state index in [9.17, 15) is 9.59 Å². The summed E-state index contributed by atoms with van der Waals surface area (Å²) in [5.74, 6) is -0.137. The highest BCUT2D eigenvalue weighted by molar-refractivity contribution is 5.87. The number of amides is 2. The van der Waals surface area contributed by atoms with Gasteiger partial charge in [-0.05, 0) is 19.9 Å². The molecule has 0 bridgehead atoms. The van der Waals surface area contributed by atoms with Crippen LogP contribution in [0.15, 0.2) is 12.3 Å². The molecule has 7 nitrogen and oxygen atoms in total. The van der Waals surface area contributed by atoms with Crippen LogP contribution in [0.2, 0.25) is 0 Å². The van der Waals surface area contributed by atoms with Crippen molar-refractivity contribution >= 4 is 17.6 Å². The average molecular weight is 239 g/mol. The third-order valence-corrected chi connectivity index (χ3v) is 2.09. The second kappa shape index (κ2) is 5.88. The maximum atomic E-state index is 11.5. The normalized spacial score (nSPS) is 11.9. The van der Waals surface area contributed by atoms with Gasteiger partial charge in [0.2, 0.25) is 11.8 Å². The van der Waals surface area contributed by atoms with E-state index >= 15 is 0 Å². The molecule has 1 aromatic rings. The Morgan fingerprint density at radius 1 is 1.59 bits per heavy atom. The Balaban J connectivity index is 2.41. The van der Waals surface area contributed by atoms with Crippen molar-refractivity contribution in [1.82, 2.24) is 20.4 Å². The number of nitrogen functional groups attached to an aromatic ring is 1. The third kappa shape index (κ3) is 4.13. The first kappa shape index (κ1) is 13.0. The van der Waals surface area contributed by atoms with E-state index in [1.54, 1.807) is 19.2 Å². The molecule has 0 fully saturated rings. The SMILES string of the molecule is CCNC(=O)C(C)NC(=O)Cn1ccc(N)n1. The number of rotatable bonds is 5. The summed E-state index contributed by atoms with van der Waals surface area (Å²) in [6, 6.07) is 1.04. The van der Waals surface area contributed by atoms with Crippen LogP contribution in [0, 0.1) is 0 Å². The number of carbonyl (C=O) groups is 2. The smallest absolute Gasteiger partial charge is 0.242 e. The molecular formula is C10H17N5O2. The van der Waals surface area contributed by atoms with Crippen molar-refractivity contribution in [3.05, 3.63) is 12.3 Å². The van der Waals surface area contributed by atoms with E-state index in [0.29, 0.717) is 12.4 Å². The average Bonchev–Trinajstić information content (AvgIpc) is 2.64. The molecule has 0 aromatic carbocycles. The molecule has 0 aliphatic carbocycles. The monoisotopic (exact) mass is 239 g/mol. The van der Waals surface area contributed by atoms with Gasteiger partial charge in [-0.2, -0.15) is 5.10 Å². The minimum absolute atomic E-state index is 0.0426. The minimum Gasteiger partial charge on any atom is -0.382 e. The fourth-order valence-electron chi connectivity index (χ4n) is 1.29. The molecule has 94 valence electrons. The molecule has 0 radical (unpaired) electrons. The summed E-state index contributed by atoms with van der Waals surface area (Å²) in [6.07, 6.45) is 1.60. The zero-order valence-corrected chi connectivity index (χ0v) is 9.93. The summed E-state index contributed by atoms with van der Waals surface area (Å²) in [6.45, 7) is 4.02. The number of nitrogens with one attached hydrogen (secondary N) is 2. The zero-order valence-electron chi connectivity index (χ0n) is 9.93. The highest BCUT2D eigenvalue weighted by atomic mass is 16.2. The highest BCUT2D eigenvalue weighted by Gasteiger charge is 2.14.